The van der Waals surface area contributed by atoms with Crippen molar-refractivity contribution in [3.05, 3.63) is 50.4 Å². The summed E-state index contributed by atoms with van der Waals surface area (Å²) in [6.45, 7) is 5.18. The molecule has 1 heterocycles. The van der Waals surface area contributed by atoms with Gasteiger partial charge in [0.1, 0.15) is 5.01 Å². The fourth-order valence-electron chi connectivity index (χ4n) is 1.70. The van der Waals surface area contributed by atoms with Crippen LogP contribution in [0.5, 0.6) is 0 Å². The summed E-state index contributed by atoms with van der Waals surface area (Å²) in [6.07, 6.45) is 3.05. The van der Waals surface area contributed by atoms with Gasteiger partial charge in [0.25, 0.3) is 0 Å². The van der Waals surface area contributed by atoms with Crippen LogP contribution in [0.3, 0.4) is 0 Å². The Morgan fingerprint density at radius 2 is 2.06 bits per heavy atom. The molecule has 1 atom stereocenters. The molecule has 1 aromatic carbocycles. The molecule has 0 fully saturated rings. The maximum atomic E-state index is 4.42. The second kappa shape index (κ2) is 6.45. The average molecular weight is 325 g/mol. The van der Waals surface area contributed by atoms with E-state index in [1.807, 2.05) is 6.20 Å². The minimum absolute atomic E-state index is 0.340. The van der Waals surface area contributed by atoms with Crippen molar-refractivity contribution in [1.82, 2.24) is 10.3 Å². The van der Waals surface area contributed by atoms with Crippen molar-refractivity contribution in [3.63, 3.8) is 0 Å². The van der Waals surface area contributed by atoms with Gasteiger partial charge in [-0.25, -0.2) is 4.98 Å². The zero-order chi connectivity index (χ0) is 13.0. The molecule has 0 radical (unpaired) electrons. The molecule has 0 amide bonds. The van der Waals surface area contributed by atoms with Crippen LogP contribution in [0.2, 0.25) is 0 Å². The molecule has 0 saturated carbocycles. The summed E-state index contributed by atoms with van der Waals surface area (Å²) in [5.74, 6) is 0. The first-order valence-corrected chi connectivity index (χ1v) is 7.72. The normalized spacial score (nSPS) is 12.6. The van der Waals surface area contributed by atoms with Gasteiger partial charge in [-0.15, -0.1) is 11.3 Å². The van der Waals surface area contributed by atoms with Gasteiger partial charge in [-0.3, -0.25) is 0 Å². The summed E-state index contributed by atoms with van der Waals surface area (Å²) in [5, 5.41) is 4.67. The summed E-state index contributed by atoms with van der Waals surface area (Å²) in [6, 6.07) is 8.77. The molecule has 0 aliphatic rings. The lowest BCUT2D eigenvalue weighted by molar-refractivity contribution is 0.573. The fourth-order valence-corrected chi connectivity index (χ4v) is 2.78. The number of hydrogen-bond donors (Lipinski definition) is 1. The van der Waals surface area contributed by atoms with Crippen molar-refractivity contribution in [2.24, 2.45) is 0 Å². The monoisotopic (exact) mass is 324 g/mol. The van der Waals surface area contributed by atoms with Crippen LogP contribution in [0.1, 0.15) is 35.3 Å². The van der Waals surface area contributed by atoms with Gasteiger partial charge in [-0.1, -0.05) is 35.0 Å². The van der Waals surface area contributed by atoms with E-state index >= 15 is 0 Å². The topological polar surface area (TPSA) is 24.9 Å². The van der Waals surface area contributed by atoms with E-state index in [0.717, 1.165) is 22.4 Å². The molecule has 1 unspecified atom stereocenters. The van der Waals surface area contributed by atoms with Gasteiger partial charge in [0.2, 0.25) is 0 Å². The van der Waals surface area contributed by atoms with Gasteiger partial charge in [-0.2, -0.15) is 0 Å². The Kier molecular flexibility index (Phi) is 4.92. The Balaban J connectivity index is 1.91. The molecule has 1 N–H and O–H groups in total. The van der Waals surface area contributed by atoms with Crippen molar-refractivity contribution in [2.75, 3.05) is 0 Å². The molecule has 0 saturated heterocycles. The number of nitrogens with one attached hydrogen (secondary N) is 1. The Morgan fingerprint density at radius 1 is 1.33 bits per heavy atom. The maximum Gasteiger partial charge on any atom is 0.107 e. The third kappa shape index (κ3) is 3.64. The summed E-state index contributed by atoms with van der Waals surface area (Å²) in [5.41, 5.74) is 1.30. The highest BCUT2D eigenvalue weighted by molar-refractivity contribution is 9.10. The summed E-state index contributed by atoms with van der Waals surface area (Å²) < 4.78 is 1.12. The van der Waals surface area contributed by atoms with Crippen molar-refractivity contribution >= 4 is 27.3 Å². The van der Waals surface area contributed by atoms with E-state index in [1.54, 1.807) is 11.3 Å². The van der Waals surface area contributed by atoms with Crippen molar-refractivity contribution in [3.8, 4) is 0 Å². The second-order valence-corrected chi connectivity index (χ2v) is 6.34. The Hall–Kier alpha value is -0.710. The van der Waals surface area contributed by atoms with Crippen LogP contribution in [0.25, 0.3) is 0 Å². The van der Waals surface area contributed by atoms with E-state index in [-0.39, 0.29) is 0 Å². The second-order valence-electron chi connectivity index (χ2n) is 4.23. The molecule has 0 aliphatic heterocycles. The molecule has 1 aromatic heterocycles. The predicted molar refractivity (Wildman–Crippen MR) is 80.9 cm³/mol. The molecule has 96 valence electrons. The first-order valence-electron chi connectivity index (χ1n) is 6.11. The highest BCUT2D eigenvalue weighted by Gasteiger charge is 2.06. The molecular formula is C14H17BrN2S. The Bertz CT molecular complexity index is 493. The molecule has 2 rings (SSSR count). The van der Waals surface area contributed by atoms with Crippen LogP contribution in [0.15, 0.2) is 34.9 Å². The highest BCUT2D eigenvalue weighted by Crippen LogP contribution is 2.18. The SMILES string of the molecule is CCc1cnc(CNC(C)c2ccc(Br)cc2)s1. The molecular weight excluding hydrogens is 308 g/mol. The number of benzene rings is 1. The molecule has 0 spiro atoms. The third-order valence-electron chi connectivity index (χ3n) is 2.88. The largest absolute Gasteiger partial charge is 0.304 e. The molecule has 4 heteroatoms. The summed E-state index contributed by atoms with van der Waals surface area (Å²) >= 11 is 5.24. The van der Waals surface area contributed by atoms with E-state index in [9.17, 15) is 0 Å². The summed E-state index contributed by atoms with van der Waals surface area (Å²) in [7, 11) is 0. The van der Waals surface area contributed by atoms with Crippen molar-refractivity contribution in [2.45, 2.75) is 32.9 Å². The number of rotatable bonds is 5. The number of halogens is 1. The first kappa shape index (κ1) is 13.7. The third-order valence-corrected chi connectivity index (χ3v) is 4.55. The Morgan fingerprint density at radius 3 is 2.67 bits per heavy atom. The van der Waals surface area contributed by atoms with E-state index in [0.29, 0.717) is 6.04 Å². The minimum Gasteiger partial charge on any atom is -0.304 e. The number of hydrogen-bond acceptors (Lipinski definition) is 3. The summed E-state index contributed by atoms with van der Waals surface area (Å²) in [4.78, 5) is 5.77. The van der Waals surface area contributed by atoms with Crippen LogP contribution in [0.4, 0.5) is 0 Å². The molecule has 2 nitrogen and oxygen atoms in total. The van der Waals surface area contributed by atoms with E-state index in [4.69, 9.17) is 0 Å². The van der Waals surface area contributed by atoms with Crippen LogP contribution in [0, 0.1) is 0 Å². The predicted octanol–water partition coefficient (Wildman–Crippen LogP) is 4.32. The quantitative estimate of drug-likeness (QED) is 0.886. The van der Waals surface area contributed by atoms with Crippen LogP contribution >= 0.6 is 27.3 Å². The number of aromatic nitrogens is 1. The van der Waals surface area contributed by atoms with Gasteiger partial charge in [0.05, 0.1) is 0 Å². The van der Waals surface area contributed by atoms with Gasteiger partial charge >= 0.3 is 0 Å². The molecule has 18 heavy (non-hydrogen) atoms. The molecule has 0 aliphatic carbocycles. The fraction of sp³-hybridized carbons (Fsp3) is 0.357. The van der Waals surface area contributed by atoms with Gasteiger partial charge in [0.15, 0.2) is 0 Å². The first-order chi connectivity index (χ1) is 8.69. The van der Waals surface area contributed by atoms with Crippen LogP contribution in [-0.2, 0) is 13.0 Å². The van der Waals surface area contributed by atoms with Gasteiger partial charge in [0, 0.05) is 28.1 Å². The highest BCUT2D eigenvalue weighted by atomic mass is 79.9. The van der Waals surface area contributed by atoms with E-state index < -0.39 is 0 Å². The Labute approximate surface area is 121 Å². The minimum atomic E-state index is 0.340. The van der Waals surface area contributed by atoms with E-state index in [1.165, 1.54) is 10.4 Å². The lowest BCUT2D eigenvalue weighted by atomic mass is 10.1. The zero-order valence-electron chi connectivity index (χ0n) is 10.6. The van der Waals surface area contributed by atoms with Crippen LogP contribution in [-0.4, -0.2) is 4.98 Å². The number of nitrogens with zero attached hydrogens (tertiary/aromatic N) is 1. The van der Waals surface area contributed by atoms with Crippen molar-refractivity contribution < 1.29 is 0 Å². The standard InChI is InChI=1S/C14H17BrN2S/c1-3-13-8-17-14(18-13)9-16-10(2)11-4-6-12(15)7-5-11/h4-8,10,16H,3,9H2,1-2H3. The lowest BCUT2D eigenvalue weighted by Crippen LogP contribution is -2.17. The van der Waals surface area contributed by atoms with Crippen LogP contribution < -0.4 is 5.32 Å². The van der Waals surface area contributed by atoms with Crippen molar-refractivity contribution in [1.29, 1.82) is 0 Å². The smallest absolute Gasteiger partial charge is 0.107 e. The molecule has 2 aromatic rings. The van der Waals surface area contributed by atoms with Gasteiger partial charge in [-0.05, 0) is 31.0 Å². The maximum absolute atomic E-state index is 4.42. The van der Waals surface area contributed by atoms with Gasteiger partial charge < -0.3 is 5.32 Å². The lowest BCUT2D eigenvalue weighted by Gasteiger charge is -2.13. The van der Waals surface area contributed by atoms with E-state index in [2.05, 4.69) is 64.3 Å². The average Bonchev–Trinajstić information content (AvgIpc) is 2.85. The number of thiazole rings is 1. The number of aryl methyl sites for hydroxylation is 1. The molecule has 0 bridgehead atoms. The zero-order valence-corrected chi connectivity index (χ0v) is 13.0.